The fraction of sp³-hybridized carbons (Fsp3) is 0.381. The quantitative estimate of drug-likeness (QED) is 0.623. The van der Waals surface area contributed by atoms with Gasteiger partial charge in [-0.25, -0.2) is 4.79 Å². The SMILES string of the molecule is COC(=O)c1[nH]c(C)c(C(=O)C(C)N(C(=O)c2ccccc2)C(C)C)c1C. The van der Waals surface area contributed by atoms with E-state index >= 15 is 0 Å². The van der Waals surface area contributed by atoms with Crippen molar-refractivity contribution in [3.05, 3.63) is 58.4 Å². The topological polar surface area (TPSA) is 79.5 Å². The molecule has 0 aliphatic carbocycles. The van der Waals surface area contributed by atoms with Gasteiger partial charge in [-0.1, -0.05) is 18.2 Å². The third kappa shape index (κ3) is 3.94. The number of Topliss-reactive ketones (excluding diaryl/α,β-unsaturated/α-hetero) is 1. The number of ether oxygens (including phenoxy) is 1. The second-order valence-corrected chi connectivity index (χ2v) is 6.83. The predicted molar refractivity (Wildman–Crippen MR) is 103 cm³/mol. The molecule has 0 saturated carbocycles. The minimum atomic E-state index is -0.684. The van der Waals surface area contributed by atoms with Gasteiger partial charge in [0.05, 0.1) is 13.2 Å². The highest BCUT2D eigenvalue weighted by Crippen LogP contribution is 2.23. The van der Waals surface area contributed by atoms with Crippen molar-refractivity contribution in [2.45, 2.75) is 46.7 Å². The van der Waals surface area contributed by atoms with Gasteiger partial charge in [0.15, 0.2) is 5.78 Å². The van der Waals surface area contributed by atoms with Crippen LogP contribution in [-0.2, 0) is 4.74 Å². The van der Waals surface area contributed by atoms with E-state index in [0.717, 1.165) is 0 Å². The summed E-state index contributed by atoms with van der Waals surface area (Å²) in [7, 11) is 1.29. The van der Waals surface area contributed by atoms with Crippen LogP contribution in [-0.4, -0.2) is 46.7 Å². The molecule has 2 rings (SSSR count). The molecule has 6 nitrogen and oxygen atoms in total. The van der Waals surface area contributed by atoms with E-state index in [0.29, 0.717) is 22.4 Å². The Labute approximate surface area is 159 Å². The lowest BCUT2D eigenvalue weighted by Gasteiger charge is -2.32. The smallest absolute Gasteiger partial charge is 0.354 e. The van der Waals surface area contributed by atoms with Gasteiger partial charge in [-0.15, -0.1) is 0 Å². The van der Waals surface area contributed by atoms with Crippen LogP contribution >= 0.6 is 0 Å². The summed E-state index contributed by atoms with van der Waals surface area (Å²) >= 11 is 0. The van der Waals surface area contributed by atoms with Crippen molar-refractivity contribution in [2.75, 3.05) is 7.11 Å². The first-order valence-corrected chi connectivity index (χ1v) is 8.90. The highest BCUT2D eigenvalue weighted by Gasteiger charge is 2.32. The number of nitrogens with zero attached hydrogens (tertiary/aromatic N) is 1. The summed E-state index contributed by atoms with van der Waals surface area (Å²) in [6.07, 6.45) is 0. The molecule has 1 heterocycles. The Bertz CT molecular complexity index is 853. The molecular formula is C21H26N2O4. The van der Waals surface area contributed by atoms with Crippen molar-refractivity contribution in [1.82, 2.24) is 9.88 Å². The van der Waals surface area contributed by atoms with Crippen molar-refractivity contribution in [3.8, 4) is 0 Å². The number of methoxy groups -OCH3 is 1. The van der Waals surface area contributed by atoms with Crippen molar-refractivity contribution in [1.29, 1.82) is 0 Å². The summed E-state index contributed by atoms with van der Waals surface area (Å²) in [6.45, 7) is 8.90. The van der Waals surface area contributed by atoms with Crippen LogP contribution in [0.2, 0.25) is 0 Å². The molecule has 0 radical (unpaired) electrons. The number of carbonyl (C=O) groups excluding carboxylic acids is 3. The van der Waals surface area contributed by atoms with Gasteiger partial charge in [0.2, 0.25) is 0 Å². The van der Waals surface area contributed by atoms with Gasteiger partial charge in [-0.3, -0.25) is 9.59 Å². The van der Waals surface area contributed by atoms with Crippen LogP contribution in [0, 0.1) is 13.8 Å². The van der Waals surface area contributed by atoms with E-state index in [1.165, 1.54) is 7.11 Å². The van der Waals surface area contributed by atoms with Crippen LogP contribution < -0.4 is 0 Å². The van der Waals surface area contributed by atoms with E-state index in [-0.39, 0.29) is 23.4 Å². The first-order chi connectivity index (χ1) is 12.7. The lowest BCUT2D eigenvalue weighted by Crippen LogP contribution is -2.47. The Morgan fingerprint density at radius 2 is 1.63 bits per heavy atom. The molecule has 1 amide bonds. The van der Waals surface area contributed by atoms with Gasteiger partial charge in [0, 0.05) is 22.9 Å². The molecule has 27 heavy (non-hydrogen) atoms. The van der Waals surface area contributed by atoms with Gasteiger partial charge in [-0.2, -0.15) is 0 Å². The maximum atomic E-state index is 13.2. The van der Waals surface area contributed by atoms with E-state index < -0.39 is 12.0 Å². The first kappa shape index (κ1) is 20.4. The number of nitrogens with one attached hydrogen (secondary N) is 1. The molecule has 1 aromatic heterocycles. The highest BCUT2D eigenvalue weighted by atomic mass is 16.5. The minimum absolute atomic E-state index is 0.170. The molecule has 0 aliphatic heterocycles. The minimum Gasteiger partial charge on any atom is -0.464 e. The molecule has 2 aromatic rings. The third-order valence-electron chi connectivity index (χ3n) is 4.68. The Hall–Kier alpha value is -2.89. The molecule has 0 spiro atoms. The van der Waals surface area contributed by atoms with Crippen LogP contribution in [0.3, 0.4) is 0 Å². The fourth-order valence-electron chi connectivity index (χ4n) is 3.35. The lowest BCUT2D eigenvalue weighted by atomic mass is 9.98. The number of rotatable bonds is 6. The summed E-state index contributed by atoms with van der Waals surface area (Å²) in [5.74, 6) is -0.941. The van der Waals surface area contributed by atoms with Crippen LogP contribution in [0.15, 0.2) is 30.3 Å². The maximum Gasteiger partial charge on any atom is 0.354 e. The molecule has 1 unspecified atom stereocenters. The van der Waals surface area contributed by atoms with Crippen LogP contribution in [0.5, 0.6) is 0 Å². The number of aromatic amines is 1. The summed E-state index contributed by atoms with van der Waals surface area (Å²) in [5, 5.41) is 0. The molecule has 0 aliphatic rings. The predicted octanol–water partition coefficient (Wildman–Crippen LogP) is 3.54. The Balaban J connectivity index is 2.41. The van der Waals surface area contributed by atoms with Crippen molar-refractivity contribution in [3.63, 3.8) is 0 Å². The summed E-state index contributed by atoms with van der Waals surface area (Å²) < 4.78 is 4.76. The zero-order valence-corrected chi connectivity index (χ0v) is 16.6. The molecule has 0 fully saturated rings. The zero-order chi connectivity index (χ0) is 20.3. The monoisotopic (exact) mass is 370 g/mol. The molecule has 6 heteroatoms. The second kappa shape index (κ2) is 8.20. The lowest BCUT2D eigenvalue weighted by molar-refractivity contribution is 0.0565. The van der Waals surface area contributed by atoms with Gasteiger partial charge < -0.3 is 14.6 Å². The number of hydrogen-bond donors (Lipinski definition) is 1. The van der Waals surface area contributed by atoms with E-state index in [1.54, 1.807) is 49.9 Å². The average molecular weight is 370 g/mol. The van der Waals surface area contributed by atoms with E-state index in [9.17, 15) is 14.4 Å². The van der Waals surface area contributed by atoms with Crippen LogP contribution in [0.25, 0.3) is 0 Å². The first-order valence-electron chi connectivity index (χ1n) is 8.90. The van der Waals surface area contributed by atoms with E-state index in [1.807, 2.05) is 19.9 Å². The van der Waals surface area contributed by atoms with Crippen molar-refractivity contribution < 1.29 is 19.1 Å². The van der Waals surface area contributed by atoms with Gasteiger partial charge in [0.1, 0.15) is 5.69 Å². The fourth-order valence-corrected chi connectivity index (χ4v) is 3.35. The Morgan fingerprint density at radius 3 is 2.15 bits per heavy atom. The van der Waals surface area contributed by atoms with E-state index in [4.69, 9.17) is 4.74 Å². The zero-order valence-electron chi connectivity index (χ0n) is 16.6. The normalized spacial score (nSPS) is 12.0. The number of aryl methyl sites for hydroxylation is 1. The number of ketones is 1. The Kier molecular flexibility index (Phi) is 6.20. The molecule has 1 N–H and O–H groups in total. The highest BCUT2D eigenvalue weighted by molar-refractivity contribution is 6.07. The molecule has 0 saturated heterocycles. The number of benzene rings is 1. The maximum absolute atomic E-state index is 13.2. The van der Waals surface area contributed by atoms with Crippen LogP contribution in [0.4, 0.5) is 0 Å². The molecule has 144 valence electrons. The number of hydrogen-bond acceptors (Lipinski definition) is 4. The number of amides is 1. The molecule has 1 aromatic carbocycles. The number of aromatic nitrogens is 1. The molecule has 0 bridgehead atoms. The van der Waals surface area contributed by atoms with Crippen molar-refractivity contribution >= 4 is 17.7 Å². The van der Waals surface area contributed by atoms with Crippen molar-refractivity contribution in [2.24, 2.45) is 0 Å². The number of esters is 1. The van der Waals surface area contributed by atoms with Gasteiger partial charge in [-0.05, 0) is 52.3 Å². The van der Waals surface area contributed by atoms with E-state index in [2.05, 4.69) is 4.98 Å². The third-order valence-corrected chi connectivity index (χ3v) is 4.68. The summed E-state index contributed by atoms with van der Waals surface area (Å²) in [5.41, 5.74) is 2.33. The average Bonchev–Trinajstić information content (AvgIpc) is 2.95. The summed E-state index contributed by atoms with van der Waals surface area (Å²) in [4.78, 5) is 42.6. The second-order valence-electron chi connectivity index (χ2n) is 6.83. The van der Waals surface area contributed by atoms with Gasteiger partial charge in [0.25, 0.3) is 5.91 Å². The van der Waals surface area contributed by atoms with Crippen LogP contribution in [0.1, 0.15) is 63.2 Å². The molecular weight excluding hydrogens is 344 g/mol. The summed E-state index contributed by atoms with van der Waals surface area (Å²) in [6, 6.07) is 8.04. The molecule has 1 atom stereocenters. The number of carbonyl (C=O) groups is 3. The standard InChI is InChI=1S/C21H26N2O4/c1-12(2)23(20(25)16-10-8-7-9-11-16)15(5)19(24)17-13(3)18(21(26)27-6)22-14(17)4/h7-12,15,22H,1-6H3. The Morgan fingerprint density at radius 1 is 1.04 bits per heavy atom. The number of H-pyrrole nitrogens is 1. The largest absolute Gasteiger partial charge is 0.464 e. The van der Waals surface area contributed by atoms with Gasteiger partial charge >= 0.3 is 5.97 Å².